The van der Waals surface area contributed by atoms with Crippen LogP contribution in [0.2, 0.25) is 0 Å². The Hall–Kier alpha value is -1.90. The Balaban J connectivity index is 2.17. The Morgan fingerprint density at radius 3 is 2.43 bits per heavy atom. The van der Waals surface area contributed by atoms with E-state index in [-0.39, 0.29) is 11.6 Å². The molecule has 1 aromatic rings. The third-order valence-corrected chi connectivity index (χ3v) is 5.00. The molecule has 0 heterocycles. The van der Waals surface area contributed by atoms with Crippen LogP contribution < -0.4 is 4.74 Å². The van der Waals surface area contributed by atoms with Crippen LogP contribution in [0.5, 0.6) is 5.75 Å². The summed E-state index contributed by atoms with van der Waals surface area (Å²) in [6, 6.07) is 7.75. The second kappa shape index (κ2) is 5.14. The average molecular weight is 284 g/mol. The minimum atomic E-state index is -0.567. The Bertz CT molecular complexity index is 624. The standard InChI is InChI=1S/C18H20O3/c1-12-15-4-3-5-17(20)18(15,11-10-16(12)19)13-6-8-14(21-2)9-7-13/h6-9H,3-5,10-11H2,1-2H3/t18-/m0/s1. The number of hydrogen-bond donors (Lipinski definition) is 0. The van der Waals surface area contributed by atoms with Gasteiger partial charge in [-0.25, -0.2) is 0 Å². The molecular weight excluding hydrogens is 264 g/mol. The number of fused-ring (bicyclic) bond motifs is 1. The molecule has 0 spiro atoms. The van der Waals surface area contributed by atoms with Gasteiger partial charge in [0.15, 0.2) is 5.78 Å². The van der Waals surface area contributed by atoms with Crippen LogP contribution in [0.25, 0.3) is 0 Å². The van der Waals surface area contributed by atoms with Gasteiger partial charge in [-0.05, 0) is 55.0 Å². The van der Waals surface area contributed by atoms with Crippen LogP contribution in [0.15, 0.2) is 35.4 Å². The van der Waals surface area contributed by atoms with Crippen molar-refractivity contribution in [2.75, 3.05) is 7.11 Å². The molecule has 0 amide bonds. The molecule has 3 nitrogen and oxygen atoms in total. The maximum atomic E-state index is 12.8. The van der Waals surface area contributed by atoms with Crippen LogP contribution >= 0.6 is 0 Å². The molecular formula is C18H20O3. The number of rotatable bonds is 2. The lowest BCUT2D eigenvalue weighted by atomic mass is 9.59. The fourth-order valence-electron chi connectivity index (χ4n) is 3.83. The van der Waals surface area contributed by atoms with Crippen LogP contribution in [0.1, 0.15) is 44.6 Å². The number of hydrogen-bond acceptors (Lipinski definition) is 3. The molecule has 3 rings (SSSR count). The first-order chi connectivity index (χ1) is 10.1. The van der Waals surface area contributed by atoms with E-state index in [4.69, 9.17) is 4.74 Å². The van der Waals surface area contributed by atoms with Crippen LogP contribution in [-0.4, -0.2) is 18.7 Å². The normalized spacial score (nSPS) is 25.8. The molecule has 0 unspecified atom stereocenters. The topological polar surface area (TPSA) is 43.4 Å². The molecule has 0 aromatic heterocycles. The van der Waals surface area contributed by atoms with Crippen LogP contribution in [0.3, 0.4) is 0 Å². The van der Waals surface area contributed by atoms with Crippen LogP contribution in [-0.2, 0) is 15.0 Å². The number of allylic oxidation sites excluding steroid dienone is 2. The monoisotopic (exact) mass is 284 g/mol. The first-order valence-electron chi connectivity index (χ1n) is 7.51. The third kappa shape index (κ3) is 2.03. The summed E-state index contributed by atoms with van der Waals surface area (Å²) in [6.45, 7) is 1.88. The number of benzene rings is 1. The van der Waals surface area contributed by atoms with Gasteiger partial charge in [-0.15, -0.1) is 0 Å². The molecule has 0 bridgehead atoms. The van der Waals surface area contributed by atoms with Gasteiger partial charge in [-0.2, -0.15) is 0 Å². The van der Waals surface area contributed by atoms with Crippen molar-refractivity contribution in [2.24, 2.45) is 0 Å². The zero-order valence-corrected chi connectivity index (χ0v) is 12.6. The van der Waals surface area contributed by atoms with E-state index in [0.717, 1.165) is 35.3 Å². The van der Waals surface area contributed by atoms with Gasteiger partial charge in [0, 0.05) is 12.8 Å². The van der Waals surface area contributed by atoms with Crippen molar-refractivity contribution in [1.82, 2.24) is 0 Å². The Labute approximate surface area is 125 Å². The molecule has 110 valence electrons. The highest BCUT2D eigenvalue weighted by atomic mass is 16.5. The maximum absolute atomic E-state index is 12.8. The highest BCUT2D eigenvalue weighted by Crippen LogP contribution is 2.48. The minimum absolute atomic E-state index is 0.198. The number of Topliss-reactive ketones (excluding diaryl/α,β-unsaturated/α-hetero) is 2. The Morgan fingerprint density at radius 1 is 1.05 bits per heavy atom. The molecule has 0 saturated heterocycles. The molecule has 2 aliphatic carbocycles. The van der Waals surface area contributed by atoms with Crippen molar-refractivity contribution in [3.05, 3.63) is 41.0 Å². The number of methoxy groups -OCH3 is 1. The summed E-state index contributed by atoms with van der Waals surface area (Å²) >= 11 is 0. The third-order valence-electron chi connectivity index (χ3n) is 5.00. The van der Waals surface area contributed by atoms with E-state index in [1.54, 1.807) is 7.11 Å². The summed E-state index contributed by atoms with van der Waals surface area (Å²) in [7, 11) is 1.63. The Kier molecular flexibility index (Phi) is 3.44. The second-order valence-electron chi connectivity index (χ2n) is 5.94. The molecule has 21 heavy (non-hydrogen) atoms. The number of carbonyl (C=O) groups is 2. The summed E-state index contributed by atoms with van der Waals surface area (Å²) in [6.07, 6.45) is 3.40. The largest absolute Gasteiger partial charge is 0.497 e. The molecule has 0 radical (unpaired) electrons. The van der Waals surface area contributed by atoms with Crippen LogP contribution in [0.4, 0.5) is 0 Å². The predicted octanol–water partition coefficient (Wildman–Crippen LogP) is 3.37. The van der Waals surface area contributed by atoms with E-state index in [2.05, 4.69) is 0 Å². The number of ether oxygens (including phenoxy) is 1. The van der Waals surface area contributed by atoms with Crippen molar-refractivity contribution in [3.63, 3.8) is 0 Å². The maximum Gasteiger partial charge on any atom is 0.158 e. The van der Waals surface area contributed by atoms with E-state index >= 15 is 0 Å². The van der Waals surface area contributed by atoms with Gasteiger partial charge >= 0.3 is 0 Å². The van der Waals surface area contributed by atoms with Gasteiger partial charge in [0.2, 0.25) is 0 Å². The van der Waals surface area contributed by atoms with E-state index < -0.39 is 5.41 Å². The van der Waals surface area contributed by atoms with Crippen molar-refractivity contribution < 1.29 is 14.3 Å². The lowest BCUT2D eigenvalue weighted by Crippen LogP contribution is -2.44. The van der Waals surface area contributed by atoms with Gasteiger partial charge in [0.25, 0.3) is 0 Å². The van der Waals surface area contributed by atoms with E-state index in [9.17, 15) is 9.59 Å². The van der Waals surface area contributed by atoms with E-state index in [0.29, 0.717) is 19.3 Å². The van der Waals surface area contributed by atoms with Crippen molar-refractivity contribution >= 4 is 11.6 Å². The number of ketones is 2. The van der Waals surface area contributed by atoms with Crippen molar-refractivity contribution in [3.8, 4) is 5.75 Å². The van der Waals surface area contributed by atoms with Gasteiger partial charge in [-0.1, -0.05) is 12.1 Å². The molecule has 0 aliphatic heterocycles. The summed E-state index contributed by atoms with van der Waals surface area (Å²) in [5, 5.41) is 0. The molecule has 1 fully saturated rings. The van der Waals surface area contributed by atoms with E-state index in [1.165, 1.54) is 0 Å². The van der Waals surface area contributed by atoms with Gasteiger partial charge < -0.3 is 4.74 Å². The molecule has 3 heteroatoms. The fourth-order valence-corrected chi connectivity index (χ4v) is 3.83. The highest BCUT2D eigenvalue weighted by molar-refractivity contribution is 6.04. The van der Waals surface area contributed by atoms with Gasteiger partial charge in [0.05, 0.1) is 12.5 Å². The van der Waals surface area contributed by atoms with Crippen molar-refractivity contribution in [1.29, 1.82) is 0 Å². The first-order valence-corrected chi connectivity index (χ1v) is 7.51. The van der Waals surface area contributed by atoms with E-state index in [1.807, 2.05) is 31.2 Å². The first kappa shape index (κ1) is 14.1. The summed E-state index contributed by atoms with van der Waals surface area (Å²) in [5.74, 6) is 1.25. The lowest BCUT2D eigenvalue weighted by molar-refractivity contribution is -0.126. The van der Waals surface area contributed by atoms with Gasteiger partial charge in [-0.3, -0.25) is 9.59 Å². The summed E-state index contributed by atoms with van der Waals surface area (Å²) in [4.78, 5) is 24.8. The van der Waals surface area contributed by atoms with Crippen LogP contribution in [0, 0.1) is 0 Å². The predicted molar refractivity (Wildman–Crippen MR) is 80.5 cm³/mol. The lowest BCUT2D eigenvalue weighted by Gasteiger charge is -2.42. The smallest absolute Gasteiger partial charge is 0.158 e. The SMILES string of the molecule is COc1ccc([C@@]23CCC(=O)C(C)=C2CCCC3=O)cc1. The van der Waals surface area contributed by atoms with Gasteiger partial charge in [0.1, 0.15) is 11.5 Å². The van der Waals surface area contributed by atoms with Crippen molar-refractivity contribution in [2.45, 2.75) is 44.4 Å². The molecule has 0 N–H and O–H groups in total. The summed E-state index contributed by atoms with van der Waals surface area (Å²) in [5.41, 5.74) is 2.31. The molecule has 1 saturated carbocycles. The zero-order chi connectivity index (χ0) is 15.0. The quantitative estimate of drug-likeness (QED) is 0.836. The second-order valence-corrected chi connectivity index (χ2v) is 5.94. The Morgan fingerprint density at radius 2 is 1.76 bits per heavy atom. The zero-order valence-electron chi connectivity index (χ0n) is 12.6. The highest BCUT2D eigenvalue weighted by Gasteiger charge is 2.48. The molecule has 1 aromatic carbocycles. The molecule has 1 atom stereocenters. The fraction of sp³-hybridized carbons (Fsp3) is 0.444. The average Bonchev–Trinajstić information content (AvgIpc) is 2.52. The summed E-state index contributed by atoms with van der Waals surface area (Å²) < 4.78 is 5.20. The molecule has 2 aliphatic rings. The minimum Gasteiger partial charge on any atom is -0.497 e. The number of carbonyl (C=O) groups excluding carboxylic acids is 2.